The summed E-state index contributed by atoms with van der Waals surface area (Å²) in [6.45, 7) is 3.63. The smallest absolute Gasteiger partial charge is 0.416 e. The molecule has 0 bridgehead atoms. The Bertz CT molecular complexity index is 440. The maximum absolute atomic E-state index is 12.6. The molecular formula is C12H14F3NO. The van der Waals surface area contributed by atoms with E-state index in [1.165, 1.54) is 6.07 Å². The number of benzene rings is 1. The second-order valence-electron chi connectivity index (χ2n) is 4.92. The van der Waals surface area contributed by atoms with Gasteiger partial charge in [-0.1, -0.05) is 6.07 Å². The van der Waals surface area contributed by atoms with E-state index in [4.69, 9.17) is 10.5 Å². The summed E-state index contributed by atoms with van der Waals surface area (Å²) in [5.74, 6) is 0.239. The van der Waals surface area contributed by atoms with Crippen molar-refractivity contribution in [1.82, 2.24) is 0 Å². The highest BCUT2D eigenvalue weighted by molar-refractivity contribution is 5.42. The molecule has 1 heterocycles. The Labute approximate surface area is 97.6 Å². The van der Waals surface area contributed by atoms with Gasteiger partial charge < -0.3 is 10.5 Å². The fourth-order valence-electron chi connectivity index (χ4n) is 2.08. The molecule has 5 heteroatoms. The third kappa shape index (κ3) is 2.39. The molecule has 94 valence electrons. The molecule has 0 aromatic heterocycles. The molecular weight excluding hydrogens is 231 g/mol. The summed E-state index contributed by atoms with van der Waals surface area (Å²) in [4.78, 5) is 0. The first-order valence-corrected chi connectivity index (χ1v) is 5.35. The highest BCUT2D eigenvalue weighted by Gasteiger charge is 2.36. The number of nitrogens with two attached hydrogens (primary N) is 1. The summed E-state index contributed by atoms with van der Waals surface area (Å²) in [6.07, 6.45) is -3.77. The van der Waals surface area contributed by atoms with E-state index in [-0.39, 0.29) is 11.8 Å². The van der Waals surface area contributed by atoms with Crippen molar-refractivity contribution in [3.63, 3.8) is 0 Å². The van der Waals surface area contributed by atoms with E-state index in [1.807, 2.05) is 13.8 Å². The van der Waals surface area contributed by atoms with Crippen LogP contribution < -0.4 is 10.5 Å². The van der Waals surface area contributed by atoms with Crippen LogP contribution in [-0.2, 0) is 6.18 Å². The molecule has 0 radical (unpaired) electrons. The normalized spacial score (nSPS) is 22.8. The quantitative estimate of drug-likeness (QED) is 0.761. The number of hydrogen-bond acceptors (Lipinski definition) is 2. The minimum atomic E-state index is -4.36. The molecule has 0 saturated carbocycles. The predicted octanol–water partition coefficient (Wildman–Crippen LogP) is 3.27. The van der Waals surface area contributed by atoms with E-state index in [9.17, 15) is 13.2 Å². The fraction of sp³-hybridized carbons (Fsp3) is 0.500. The van der Waals surface area contributed by atoms with Gasteiger partial charge in [-0.2, -0.15) is 13.2 Å². The Morgan fingerprint density at radius 1 is 1.35 bits per heavy atom. The molecule has 1 aliphatic rings. The van der Waals surface area contributed by atoms with Crippen LogP contribution in [0.25, 0.3) is 0 Å². The van der Waals surface area contributed by atoms with Crippen LogP contribution in [0.2, 0.25) is 0 Å². The molecule has 1 aromatic rings. The lowest BCUT2D eigenvalue weighted by atomic mass is 9.90. The van der Waals surface area contributed by atoms with Crippen LogP contribution in [0.4, 0.5) is 13.2 Å². The second-order valence-corrected chi connectivity index (χ2v) is 4.92. The zero-order valence-electron chi connectivity index (χ0n) is 9.64. The monoisotopic (exact) mass is 245 g/mol. The van der Waals surface area contributed by atoms with Crippen LogP contribution in [0.5, 0.6) is 5.75 Å². The van der Waals surface area contributed by atoms with Gasteiger partial charge in [0.05, 0.1) is 5.56 Å². The average molecular weight is 245 g/mol. The van der Waals surface area contributed by atoms with Gasteiger partial charge in [-0.25, -0.2) is 0 Å². The molecule has 0 spiro atoms. The van der Waals surface area contributed by atoms with Gasteiger partial charge in [0.15, 0.2) is 0 Å². The molecule has 2 rings (SSSR count). The van der Waals surface area contributed by atoms with Crippen molar-refractivity contribution in [2.75, 3.05) is 0 Å². The van der Waals surface area contributed by atoms with Crippen LogP contribution >= 0.6 is 0 Å². The number of halogens is 3. The molecule has 0 saturated heterocycles. The van der Waals surface area contributed by atoms with Crippen molar-refractivity contribution < 1.29 is 17.9 Å². The summed E-state index contributed by atoms with van der Waals surface area (Å²) in [6, 6.07) is 3.19. The van der Waals surface area contributed by atoms with Gasteiger partial charge in [0.2, 0.25) is 0 Å². The minimum absolute atomic E-state index is 0.239. The Balaban J connectivity index is 2.45. The molecule has 1 aromatic carbocycles. The second kappa shape index (κ2) is 3.63. The van der Waals surface area contributed by atoms with Crippen LogP contribution in [0, 0.1) is 0 Å². The molecule has 2 N–H and O–H groups in total. The van der Waals surface area contributed by atoms with E-state index >= 15 is 0 Å². The highest BCUT2D eigenvalue weighted by Crippen LogP contribution is 2.41. The topological polar surface area (TPSA) is 35.2 Å². The third-order valence-corrected chi connectivity index (χ3v) is 2.84. The van der Waals surface area contributed by atoms with Gasteiger partial charge in [-0.05, 0) is 26.0 Å². The number of ether oxygens (including phenoxy) is 1. The molecule has 2 nitrogen and oxygen atoms in total. The number of alkyl halides is 3. The van der Waals surface area contributed by atoms with E-state index in [0.29, 0.717) is 12.0 Å². The first-order valence-electron chi connectivity index (χ1n) is 5.35. The standard InChI is InChI=1S/C12H14F3NO/c1-11(2)6-9(16)8-4-3-7(12(13,14)15)5-10(8)17-11/h3-5,9H,6,16H2,1-2H3. The molecule has 1 atom stereocenters. The largest absolute Gasteiger partial charge is 0.487 e. The highest BCUT2D eigenvalue weighted by atomic mass is 19.4. The lowest BCUT2D eigenvalue weighted by molar-refractivity contribution is -0.137. The lowest BCUT2D eigenvalue weighted by Crippen LogP contribution is -2.37. The van der Waals surface area contributed by atoms with E-state index < -0.39 is 17.3 Å². The maximum Gasteiger partial charge on any atom is 0.416 e. The summed E-state index contributed by atoms with van der Waals surface area (Å²) in [7, 11) is 0. The van der Waals surface area contributed by atoms with Crippen LogP contribution in [0.15, 0.2) is 18.2 Å². The summed E-state index contributed by atoms with van der Waals surface area (Å²) >= 11 is 0. The van der Waals surface area contributed by atoms with Gasteiger partial charge in [0.1, 0.15) is 11.4 Å². The SMILES string of the molecule is CC1(C)CC(N)c2ccc(C(F)(F)F)cc2O1. The van der Waals surface area contributed by atoms with Crippen LogP contribution in [0.1, 0.15) is 37.4 Å². The van der Waals surface area contributed by atoms with E-state index in [1.54, 1.807) is 0 Å². The van der Waals surface area contributed by atoms with Gasteiger partial charge in [-0.15, -0.1) is 0 Å². The zero-order valence-corrected chi connectivity index (χ0v) is 9.64. The van der Waals surface area contributed by atoms with Crippen molar-refractivity contribution in [2.45, 2.75) is 38.1 Å². The van der Waals surface area contributed by atoms with Crippen LogP contribution in [-0.4, -0.2) is 5.60 Å². The Morgan fingerprint density at radius 3 is 2.59 bits per heavy atom. The third-order valence-electron chi connectivity index (χ3n) is 2.84. The van der Waals surface area contributed by atoms with Crippen molar-refractivity contribution in [1.29, 1.82) is 0 Å². The first-order chi connectivity index (χ1) is 7.69. The molecule has 1 unspecified atom stereocenters. The number of hydrogen-bond donors (Lipinski definition) is 1. The Kier molecular flexibility index (Phi) is 2.61. The van der Waals surface area contributed by atoms with E-state index in [2.05, 4.69) is 0 Å². The van der Waals surface area contributed by atoms with Crippen molar-refractivity contribution in [3.05, 3.63) is 29.3 Å². The summed E-state index contributed by atoms with van der Waals surface area (Å²) in [5.41, 5.74) is 5.32. The Hall–Kier alpha value is -1.23. The van der Waals surface area contributed by atoms with Crippen molar-refractivity contribution in [3.8, 4) is 5.75 Å². The average Bonchev–Trinajstić information content (AvgIpc) is 2.13. The summed E-state index contributed by atoms with van der Waals surface area (Å²) in [5, 5.41) is 0. The predicted molar refractivity (Wildman–Crippen MR) is 57.7 cm³/mol. The van der Waals surface area contributed by atoms with Gasteiger partial charge in [0, 0.05) is 18.0 Å². The van der Waals surface area contributed by atoms with Crippen molar-refractivity contribution >= 4 is 0 Å². The molecule has 0 aliphatic carbocycles. The van der Waals surface area contributed by atoms with E-state index in [0.717, 1.165) is 12.1 Å². The van der Waals surface area contributed by atoms with Gasteiger partial charge >= 0.3 is 6.18 Å². The first kappa shape index (κ1) is 12.2. The lowest BCUT2D eigenvalue weighted by Gasteiger charge is -2.36. The zero-order chi connectivity index (χ0) is 12.8. The maximum atomic E-state index is 12.6. The van der Waals surface area contributed by atoms with Gasteiger partial charge in [-0.3, -0.25) is 0 Å². The van der Waals surface area contributed by atoms with Crippen molar-refractivity contribution in [2.24, 2.45) is 5.73 Å². The van der Waals surface area contributed by atoms with Crippen LogP contribution in [0.3, 0.4) is 0 Å². The Morgan fingerprint density at radius 2 is 2.00 bits per heavy atom. The summed E-state index contributed by atoms with van der Waals surface area (Å²) < 4.78 is 43.2. The minimum Gasteiger partial charge on any atom is -0.487 e. The fourth-order valence-corrected chi connectivity index (χ4v) is 2.08. The molecule has 0 amide bonds. The number of fused-ring (bicyclic) bond motifs is 1. The molecule has 0 fully saturated rings. The molecule has 17 heavy (non-hydrogen) atoms. The molecule has 1 aliphatic heterocycles. The number of rotatable bonds is 0. The van der Waals surface area contributed by atoms with Gasteiger partial charge in [0.25, 0.3) is 0 Å².